The molecule has 2 N–H and O–H groups in total. The first-order chi connectivity index (χ1) is 9.58. The zero-order chi connectivity index (χ0) is 14.5. The van der Waals surface area contributed by atoms with Crippen molar-refractivity contribution in [3.63, 3.8) is 0 Å². The van der Waals surface area contributed by atoms with Gasteiger partial charge in [-0.1, -0.05) is 0 Å². The molecule has 0 aromatic rings. The molecule has 0 radical (unpaired) electrons. The van der Waals surface area contributed by atoms with E-state index in [0.29, 0.717) is 32.5 Å². The molecule has 0 bridgehead atoms. The molecule has 112 valence electrons. The third-order valence-electron chi connectivity index (χ3n) is 3.78. The van der Waals surface area contributed by atoms with Crippen LogP contribution in [0.15, 0.2) is 0 Å². The highest BCUT2D eigenvalue weighted by atomic mass is 16.2. The molecule has 1 atom stereocenters. The lowest BCUT2D eigenvalue weighted by atomic mass is 10.1. The summed E-state index contributed by atoms with van der Waals surface area (Å²) in [5, 5.41) is 5.94. The fraction of sp³-hybridized carbons (Fsp3) is 0.769. The lowest BCUT2D eigenvalue weighted by Crippen LogP contribution is -2.52. The van der Waals surface area contributed by atoms with Crippen molar-refractivity contribution in [1.82, 2.24) is 20.4 Å². The van der Waals surface area contributed by atoms with Crippen molar-refractivity contribution in [2.24, 2.45) is 0 Å². The van der Waals surface area contributed by atoms with Crippen LogP contribution in [0.3, 0.4) is 0 Å². The Morgan fingerprint density at radius 1 is 1.30 bits per heavy atom. The Labute approximate surface area is 118 Å². The van der Waals surface area contributed by atoms with Gasteiger partial charge in [0.05, 0.1) is 0 Å². The maximum absolute atomic E-state index is 12.1. The second kappa shape index (κ2) is 6.69. The molecule has 2 rings (SSSR count). The molecule has 0 saturated carbocycles. The van der Waals surface area contributed by atoms with E-state index in [2.05, 4.69) is 10.6 Å². The van der Waals surface area contributed by atoms with Crippen molar-refractivity contribution in [1.29, 1.82) is 0 Å². The van der Waals surface area contributed by atoms with Crippen LogP contribution in [-0.2, 0) is 14.4 Å². The number of rotatable bonds is 1. The van der Waals surface area contributed by atoms with E-state index >= 15 is 0 Å². The number of carbonyl (C=O) groups is 3. The summed E-state index contributed by atoms with van der Waals surface area (Å²) in [4.78, 5) is 38.6. The Hall–Kier alpha value is -1.63. The van der Waals surface area contributed by atoms with Crippen LogP contribution in [0.25, 0.3) is 0 Å². The number of hydrogen-bond acceptors (Lipinski definition) is 4. The summed E-state index contributed by atoms with van der Waals surface area (Å²) in [6.45, 7) is 3.25. The van der Waals surface area contributed by atoms with Crippen LogP contribution < -0.4 is 10.6 Å². The van der Waals surface area contributed by atoms with E-state index in [1.165, 1.54) is 0 Å². The van der Waals surface area contributed by atoms with Gasteiger partial charge in [0.2, 0.25) is 5.91 Å². The van der Waals surface area contributed by atoms with Gasteiger partial charge in [-0.25, -0.2) is 0 Å². The number of amides is 3. The summed E-state index contributed by atoms with van der Waals surface area (Å²) in [6.07, 6.45) is 1.88. The number of likely N-dealkylation sites (tertiary alicyclic amines) is 1. The fourth-order valence-electron chi connectivity index (χ4n) is 2.57. The summed E-state index contributed by atoms with van der Waals surface area (Å²) in [5.74, 6) is -0.937. The van der Waals surface area contributed by atoms with Crippen molar-refractivity contribution < 1.29 is 14.4 Å². The molecule has 0 aromatic carbocycles. The predicted octanol–water partition coefficient (Wildman–Crippen LogP) is -1.45. The topological polar surface area (TPSA) is 81.8 Å². The van der Waals surface area contributed by atoms with Crippen LogP contribution in [0.1, 0.15) is 19.3 Å². The molecule has 0 aliphatic carbocycles. The summed E-state index contributed by atoms with van der Waals surface area (Å²) in [5.41, 5.74) is 0. The van der Waals surface area contributed by atoms with E-state index in [4.69, 9.17) is 0 Å². The Morgan fingerprint density at radius 3 is 2.85 bits per heavy atom. The quantitative estimate of drug-likeness (QED) is 0.576. The Bertz CT molecular complexity index is 391. The lowest BCUT2D eigenvalue weighted by Gasteiger charge is -2.30. The minimum absolute atomic E-state index is 0.0837. The summed E-state index contributed by atoms with van der Waals surface area (Å²) >= 11 is 0. The largest absolute Gasteiger partial charge is 0.344 e. The molecule has 0 spiro atoms. The van der Waals surface area contributed by atoms with Gasteiger partial charge in [0.1, 0.15) is 0 Å². The third-order valence-corrected chi connectivity index (χ3v) is 3.78. The second-order valence-electron chi connectivity index (χ2n) is 5.38. The standard InChI is InChI=1S/C13H22N4O3/c1-16-9-10(3-4-11(16)18)15-12(19)13(20)17-7-2-5-14-6-8-17/h10,14H,2-9H2,1H3,(H,15,19). The van der Waals surface area contributed by atoms with Crippen molar-refractivity contribution in [3.05, 3.63) is 0 Å². The minimum atomic E-state index is -0.556. The number of likely N-dealkylation sites (N-methyl/N-ethyl adjacent to an activating group) is 1. The molecule has 20 heavy (non-hydrogen) atoms. The highest BCUT2D eigenvalue weighted by Gasteiger charge is 2.28. The van der Waals surface area contributed by atoms with Crippen LogP contribution in [0, 0.1) is 0 Å². The molecule has 7 nitrogen and oxygen atoms in total. The SMILES string of the molecule is CN1CC(NC(=O)C(=O)N2CCCNCC2)CCC1=O. The van der Waals surface area contributed by atoms with Gasteiger partial charge < -0.3 is 20.4 Å². The van der Waals surface area contributed by atoms with Crippen molar-refractivity contribution >= 4 is 17.7 Å². The lowest BCUT2D eigenvalue weighted by molar-refractivity contribution is -0.146. The average Bonchev–Trinajstić information content (AvgIpc) is 2.71. The van der Waals surface area contributed by atoms with Gasteiger partial charge in [-0.15, -0.1) is 0 Å². The molecule has 2 aliphatic rings. The Morgan fingerprint density at radius 2 is 2.10 bits per heavy atom. The average molecular weight is 282 g/mol. The molecule has 0 aromatic heterocycles. The summed E-state index contributed by atoms with van der Waals surface area (Å²) in [6, 6.07) is -0.126. The predicted molar refractivity (Wildman–Crippen MR) is 72.9 cm³/mol. The first-order valence-corrected chi connectivity index (χ1v) is 7.12. The van der Waals surface area contributed by atoms with Gasteiger partial charge >= 0.3 is 11.8 Å². The molecular formula is C13H22N4O3. The van der Waals surface area contributed by atoms with Gasteiger partial charge in [-0.3, -0.25) is 14.4 Å². The van der Waals surface area contributed by atoms with Gasteiger partial charge in [0.25, 0.3) is 0 Å². The van der Waals surface area contributed by atoms with Crippen molar-refractivity contribution in [2.75, 3.05) is 39.8 Å². The Balaban J connectivity index is 1.84. The van der Waals surface area contributed by atoms with Gasteiger partial charge in [0, 0.05) is 45.7 Å². The first-order valence-electron chi connectivity index (χ1n) is 7.12. The summed E-state index contributed by atoms with van der Waals surface area (Å²) in [7, 11) is 1.71. The smallest absolute Gasteiger partial charge is 0.311 e. The Kier molecular flexibility index (Phi) is 4.94. The van der Waals surface area contributed by atoms with Gasteiger partial charge in [0.15, 0.2) is 0 Å². The maximum Gasteiger partial charge on any atom is 0.311 e. The molecule has 2 heterocycles. The molecule has 2 aliphatic heterocycles. The minimum Gasteiger partial charge on any atom is -0.344 e. The monoisotopic (exact) mass is 282 g/mol. The van der Waals surface area contributed by atoms with E-state index in [1.807, 2.05) is 0 Å². The van der Waals surface area contributed by atoms with Crippen LogP contribution in [0.5, 0.6) is 0 Å². The van der Waals surface area contributed by atoms with E-state index in [-0.39, 0.29) is 11.9 Å². The first kappa shape index (κ1) is 14.8. The number of piperidine rings is 1. The highest BCUT2D eigenvalue weighted by Crippen LogP contribution is 2.09. The van der Waals surface area contributed by atoms with Gasteiger partial charge in [-0.05, 0) is 19.4 Å². The highest BCUT2D eigenvalue weighted by molar-refractivity contribution is 6.35. The second-order valence-corrected chi connectivity index (χ2v) is 5.38. The number of carbonyl (C=O) groups excluding carboxylic acids is 3. The van der Waals surface area contributed by atoms with Crippen LogP contribution in [0.2, 0.25) is 0 Å². The van der Waals surface area contributed by atoms with Crippen LogP contribution in [-0.4, -0.2) is 73.3 Å². The van der Waals surface area contributed by atoms with E-state index in [0.717, 1.165) is 19.5 Å². The molecule has 1 unspecified atom stereocenters. The van der Waals surface area contributed by atoms with E-state index < -0.39 is 11.8 Å². The molecule has 7 heteroatoms. The number of hydrogen-bond donors (Lipinski definition) is 2. The number of nitrogens with zero attached hydrogens (tertiary/aromatic N) is 2. The zero-order valence-corrected chi connectivity index (χ0v) is 11.9. The zero-order valence-electron chi connectivity index (χ0n) is 11.9. The van der Waals surface area contributed by atoms with E-state index in [9.17, 15) is 14.4 Å². The van der Waals surface area contributed by atoms with Gasteiger partial charge in [-0.2, -0.15) is 0 Å². The molecular weight excluding hydrogens is 260 g/mol. The molecule has 2 fully saturated rings. The van der Waals surface area contributed by atoms with Crippen LogP contribution in [0.4, 0.5) is 0 Å². The van der Waals surface area contributed by atoms with Crippen molar-refractivity contribution in [3.8, 4) is 0 Å². The van der Waals surface area contributed by atoms with Crippen LogP contribution >= 0.6 is 0 Å². The van der Waals surface area contributed by atoms with Crippen molar-refractivity contribution in [2.45, 2.75) is 25.3 Å². The summed E-state index contributed by atoms with van der Waals surface area (Å²) < 4.78 is 0. The normalized spacial score (nSPS) is 24.2. The molecule has 2 saturated heterocycles. The third kappa shape index (κ3) is 3.69. The number of nitrogens with one attached hydrogen (secondary N) is 2. The maximum atomic E-state index is 12.1. The molecule has 3 amide bonds. The fourth-order valence-corrected chi connectivity index (χ4v) is 2.57. The van der Waals surface area contributed by atoms with E-state index in [1.54, 1.807) is 16.8 Å².